The van der Waals surface area contributed by atoms with Crippen molar-refractivity contribution in [3.05, 3.63) is 34.1 Å². The van der Waals surface area contributed by atoms with E-state index in [1.165, 1.54) is 6.07 Å². The molecule has 1 rings (SSSR count). The van der Waals surface area contributed by atoms with Crippen molar-refractivity contribution in [1.82, 2.24) is 0 Å². The van der Waals surface area contributed by atoms with Crippen molar-refractivity contribution in [2.45, 2.75) is 38.0 Å². The minimum atomic E-state index is -0.204. The molecule has 0 saturated carbocycles. The van der Waals surface area contributed by atoms with Crippen LogP contribution in [0.4, 0.5) is 4.39 Å². The number of rotatable bonds is 6. The summed E-state index contributed by atoms with van der Waals surface area (Å²) in [6.45, 7) is 4.38. The highest BCUT2D eigenvalue weighted by Gasteiger charge is 2.10. The van der Waals surface area contributed by atoms with E-state index in [1.807, 2.05) is 11.8 Å². The average Bonchev–Trinajstić information content (AvgIpc) is 2.30. The van der Waals surface area contributed by atoms with Gasteiger partial charge in [0.2, 0.25) is 0 Å². The Labute approximate surface area is 115 Å². The van der Waals surface area contributed by atoms with E-state index in [9.17, 15) is 4.39 Å². The molecule has 2 unspecified atom stereocenters. The summed E-state index contributed by atoms with van der Waals surface area (Å²) in [6, 6.07) is 4.82. The molecule has 4 heteroatoms. The van der Waals surface area contributed by atoms with Gasteiger partial charge in [-0.25, -0.2) is 4.39 Å². The molecule has 2 N–H and O–H groups in total. The third-order valence-electron chi connectivity index (χ3n) is 2.66. The Morgan fingerprint density at radius 1 is 1.47 bits per heavy atom. The smallest absolute Gasteiger partial charge is 0.123 e. The van der Waals surface area contributed by atoms with Gasteiger partial charge in [0.15, 0.2) is 0 Å². The molecule has 0 spiro atoms. The van der Waals surface area contributed by atoms with Crippen LogP contribution in [0.5, 0.6) is 0 Å². The second-order valence-electron chi connectivity index (χ2n) is 4.25. The van der Waals surface area contributed by atoms with Crippen molar-refractivity contribution in [2.24, 2.45) is 5.73 Å². The van der Waals surface area contributed by atoms with E-state index < -0.39 is 0 Å². The monoisotopic (exact) mass is 319 g/mol. The minimum absolute atomic E-state index is 0.0760. The van der Waals surface area contributed by atoms with E-state index in [4.69, 9.17) is 5.73 Å². The molecule has 0 bridgehead atoms. The van der Waals surface area contributed by atoms with Crippen LogP contribution in [0, 0.1) is 5.82 Å². The van der Waals surface area contributed by atoms with Gasteiger partial charge in [0, 0.05) is 21.5 Å². The Morgan fingerprint density at radius 3 is 2.82 bits per heavy atom. The number of hydrogen-bond donors (Lipinski definition) is 1. The van der Waals surface area contributed by atoms with Crippen molar-refractivity contribution in [1.29, 1.82) is 0 Å². The molecule has 0 fully saturated rings. The molecule has 0 saturated heterocycles. The van der Waals surface area contributed by atoms with Crippen LogP contribution in [-0.2, 0) is 6.42 Å². The second-order valence-corrected chi connectivity index (χ2v) is 6.58. The first kappa shape index (κ1) is 15.0. The summed E-state index contributed by atoms with van der Waals surface area (Å²) in [5.41, 5.74) is 7.01. The van der Waals surface area contributed by atoms with Gasteiger partial charge in [-0.15, -0.1) is 0 Å². The summed E-state index contributed by atoms with van der Waals surface area (Å²) in [6.07, 6.45) is 1.86. The van der Waals surface area contributed by atoms with Crippen LogP contribution in [0.3, 0.4) is 0 Å². The largest absolute Gasteiger partial charge is 0.327 e. The standard InChI is InChI=1S/C13H19BrFNS/c1-3-9(2)17-8-12(16)7-10-6-11(15)4-5-13(10)14/h4-6,9,12H,3,7-8,16H2,1-2H3. The first-order valence-electron chi connectivity index (χ1n) is 5.84. The van der Waals surface area contributed by atoms with E-state index in [2.05, 4.69) is 29.8 Å². The molecule has 0 aliphatic rings. The van der Waals surface area contributed by atoms with Crippen LogP contribution < -0.4 is 5.73 Å². The molecule has 1 nitrogen and oxygen atoms in total. The summed E-state index contributed by atoms with van der Waals surface area (Å²) in [7, 11) is 0. The molecule has 0 aromatic heterocycles. The molecule has 1 aromatic rings. The van der Waals surface area contributed by atoms with Crippen LogP contribution in [0.15, 0.2) is 22.7 Å². The molecule has 2 atom stereocenters. The van der Waals surface area contributed by atoms with E-state index in [0.717, 1.165) is 22.2 Å². The van der Waals surface area contributed by atoms with Crippen LogP contribution in [0.25, 0.3) is 0 Å². The topological polar surface area (TPSA) is 26.0 Å². The van der Waals surface area contributed by atoms with Crippen molar-refractivity contribution in [3.8, 4) is 0 Å². The zero-order valence-electron chi connectivity index (χ0n) is 10.2. The van der Waals surface area contributed by atoms with Crippen molar-refractivity contribution < 1.29 is 4.39 Å². The predicted octanol–water partition coefficient (Wildman–Crippen LogP) is 3.99. The fraction of sp³-hybridized carbons (Fsp3) is 0.538. The molecular formula is C13H19BrFNS. The van der Waals surface area contributed by atoms with Gasteiger partial charge < -0.3 is 5.73 Å². The van der Waals surface area contributed by atoms with Crippen molar-refractivity contribution >= 4 is 27.7 Å². The number of nitrogens with two attached hydrogens (primary N) is 1. The number of benzene rings is 1. The fourth-order valence-corrected chi connectivity index (χ4v) is 2.78. The molecule has 0 aliphatic heterocycles. The molecule has 0 amide bonds. The fourth-order valence-electron chi connectivity index (χ4n) is 1.45. The maximum absolute atomic E-state index is 13.1. The lowest BCUT2D eigenvalue weighted by Gasteiger charge is -2.15. The molecule has 1 aromatic carbocycles. The minimum Gasteiger partial charge on any atom is -0.327 e. The Balaban J connectivity index is 2.50. The maximum Gasteiger partial charge on any atom is 0.123 e. The Morgan fingerprint density at radius 2 is 2.18 bits per heavy atom. The third kappa shape index (κ3) is 5.40. The van der Waals surface area contributed by atoms with Gasteiger partial charge in [0.1, 0.15) is 5.82 Å². The van der Waals surface area contributed by atoms with Crippen molar-refractivity contribution in [3.63, 3.8) is 0 Å². The van der Waals surface area contributed by atoms with Crippen LogP contribution >= 0.6 is 27.7 Å². The summed E-state index contributed by atoms with van der Waals surface area (Å²) >= 11 is 5.30. The van der Waals surface area contributed by atoms with E-state index in [1.54, 1.807) is 12.1 Å². The zero-order chi connectivity index (χ0) is 12.8. The van der Waals surface area contributed by atoms with Crippen molar-refractivity contribution in [2.75, 3.05) is 5.75 Å². The van der Waals surface area contributed by atoms with Gasteiger partial charge in [0.05, 0.1) is 0 Å². The van der Waals surface area contributed by atoms with E-state index >= 15 is 0 Å². The number of hydrogen-bond acceptors (Lipinski definition) is 2. The highest BCUT2D eigenvalue weighted by atomic mass is 79.9. The lowest BCUT2D eigenvalue weighted by atomic mass is 10.1. The first-order valence-corrected chi connectivity index (χ1v) is 7.68. The predicted molar refractivity (Wildman–Crippen MR) is 78.0 cm³/mol. The number of halogens is 2. The second kappa shape index (κ2) is 7.39. The normalized spacial score (nSPS) is 14.6. The lowest BCUT2D eigenvalue weighted by Crippen LogP contribution is -2.26. The highest BCUT2D eigenvalue weighted by molar-refractivity contribution is 9.10. The lowest BCUT2D eigenvalue weighted by molar-refractivity contribution is 0.622. The Hall–Kier alpha value is -0.0600. The summed E-state index contributed by atoms with van der Waals surface area (Å²) < 4.78 is 14.0. The summed E-state index contributed by atoms with van der Waals surface area (Å²) in [5.74, 6) is 0.711. The van der Waals surface area contributed by atoms with E-state index in [-0.39, 0.29) is 11.9 Å². The zero-order valence-corrected chi connectivity index (χ0v) is 12.7. The maximum atomic E-state index is 13.1. The SMILES string of the molecule is CCC(C)SCC(N)Cc1cc(F)ccc1Br. The Kier molecular flexibility index (Phi) is 6.52. The van der Waals surface area contributed by atoms with Crippen LogP contribution in [-0.4, -0.2) is 17.0 Å². The van der Waals surface area contributed by atoms with Gasteiger partial charge in [-0.05, 0) is 36.6 Å². The molecule has 0 radical (unpaired) electrons. The average molecular weight is 320 g/mol. The highest BCUT2D eigenvalue weighted by Crippen LogP contribution is 2.21. The summed E-state index contributed by atoms with van der Waals surface area (Å²) in [5, 5.41) is 0.636. The van der Waals surface area contributed by atoms with Crippen LogP contribution in [0.1, 0.15) is 25.8 Å². The van der Waals surface area contributed by atoms with Gasteiger partial charge in [-0.3, -0.25) is 0 Å². The quantitative estimate of drug-likeness (QED) is 0.858. The first-order chi connectivity index (χ1) is 8.02. The van der Waals surface area contributed by atoms with Gasteiger partial charge in [-0.1, -0.05) is 29.8 Å². The van der Waals surface area contributed by atoms with Crippen LogP contribution in [0.2, 0.25) is 0 Å². The van der Waals surface area contributed by atoms with Gasteiger partial charge in [0.25, 0.3) is 0 Å². The number of thioether (sulfide) groups is 1. The third-order valence-corrected chi connectivity index (χ3v) is 4.96. The summed E-state index contributed by atoms with van der Waals surface area (Å²) in [4.78, 5) is 0. The molecular weight excluding hydrogens is 301 g/mol. The molecule has 96 valence electrons. The molecule has 0 heterocycles. The van der Waals surface area contributed by atoms with Gasteiger partial charge in [-0.2, -0.15) is 11.8 Å². The molecule has 0 aliphatic carbocycles. The van der Waals surface area contributed by atoms with Gasteiger partial charge >= 0.3 is 0 Å². The Bertz CT molecular complexity index is 359. The molecule has 17 heavy (non-hydrogen) atoms. The van der Waals surface area contributed by atoms with E-state index in [0.29, 0.717) is 11.7 Å².